The van der Waals surface area contributed by atoms with Crippen LogP contribution in [0.4, 0.5) is 0 Å². The molecule has 0 radical (unpaired) electrons. The summed E-state index contributed by atoms with van der Waals surface area (Å²) in [4.78, 5) is 16.8. The number of nitrogens with zero attached hydrogens (tertiary/aromatic N) is 4. The van der Waals surface area contributed by atoms with Gasteiger partial charge in [0.25, 0.3) is 0 Å². The molecule has 0 fully saturated rings. The molecule has 0 aliphatic rings. The number of carbonyl (C=O) groups excluding carboxylic acids is 1. The third-order valence-corrected chi connectivity index (χ3v) is 4.81. The van der Waals surface area contributed by atoms with Crippen molar-refractivity contribution in [3.8, 4) is 0 Å². The van der Waals surface area contributed by atoms with Crippen LogP contribution in [-0.2, 0) is 11.3 Å². The van der Waals surface area contributed by atoms with Gasteiger partial charge in [0.2, 0.25) is 5.91 Å². The first-order chi connectivity index (χ1) is 12.0. The summed E-state index contributed by atoms with van der Waals surface area (Å²) in [6.45, 7) is 2.59. The van der Waals surface area contributed by atoms with Crippen LogP contribution >= 0.6 is 11.7 Å². The Labute approximate surface area is 152 Å². The van der Waals surface area contributed by atoms with Crippen LogP contribution in [0.2, 0.25) is 0 Å². The summed E-state index contributed by atoms with van der Waals surface area (Å²) in [5.41, 5.74) is 5.02. The van der Waals surface area contributed by atoms with Crippen LogP contribution in [0.25, 0.3) is 11.0 Å². The molecule has 5 nitrogen and oxygen atoms in total. The lowest BCUT2D eigenvalue weighted by Crippen LogP contribution is -2.38. The molecule has 1 heterocycles. The molecule has 0 aliphatic carbocycles. The van der Waals surface area contributed by atoms with Crippen LogP contribution in [0, 0.1) is 6.92 Å². The van der Waals surface area contributed by atoms with Gasteiger partial charge in [-0.25, -0.2) is 0 Å². The number of aromatic nitrogens is 2. The second kappa shape index (κ2) is 7.29. The van der Waals surface area contributed by atoms with E-state index in [4.69, 9.17) is 0 Å². The van der Waals surface area contributed by atoms with E-state index >= 15 is 0 Å². The van der Waals surface area contributed by atoms with Crippen molar-refractivity contribution in [2.75, 3.05) is 21.1 Å². The van der Waals surface area contributed by atoms with Gasteiger partial charge < -0.3 is 4.90 Å². The van der Waals surface area contributed by atoms with E-state index in [0.29, 0.717) is 6.54 Å². The summed E-state index contributed by atoms with van der Waals surface area (Å²) >= 11 is 1.21. The van der Waals surface area contributed by atoms with Gasteiger partial charge in [0.05, 0.1) is 11.7 Å². The number of rotatable bonds is 5. The molecule has 3 rings (SSSR count). The number of likely N-dealkylation sites (N-methyl/N-ethyl adjacent to an activating group) is 2. The summed E-state index contributed by atoms with van der Waals surface area (Å²) in [6.07, 6.45) is 0. The average molecular weight is 354 g/mol. The molecule has 0 aliphatic heterocycles. The molecule has 2 aromatic carbocycles. The van der Waals surface area contributed by atoms with Crippen LogP contribution in [0.1, 0.15) is 22.7 Å². The van der Waals surface area contributed by atoms with Crippen molar-refractivity contribution in [1.82, 2.24) is 18.5 Å². The summed E-state index contributed by atoms with van der Waals surface area (Å²) in [7, 11) is 5.71. The van der Waals surface area contributed by atoms with E-state index in [1.165, 1.54) is 17.3 Å². The molecule has 0 unspecified atom stereocenters. The maximum atomic E-state index is 13.0. The predicted octanol–water partition coefficient (Wildman–Crippen LogP) is 3.26. The normalized spacial score (nSPS) is 12.5. The molecule has 25 heavy (non-hydrogen) atoms. The highest BCUT2D eigenvalue weighted by atomic mass is 32.1. The molecule has 130 valence electrons. The number of hydrogen-bond donors (Lipinski definition) is 0. The SMILES string of the molecule is Cc1ccc([C@H](C(=O)N(C)Cc2ccc3nsnc3c2)N(C)C)cc1. The fraction of sp³-hybridized carbons (Fsp3) is 0.316. The highest BCUT2D eigenvalue weighted by Crippen LogP contribution is 2.22. The summed E-state index contributed by atoms with van der Waals surface area (Å²) < 4.78 is 8.49. The zero-order valence-corrected chi connectivity index (χ0v) is 15.7. The van der Waals surface area contributed by atoms with Gasteiger partial charge in [0.15, 0.2) is 0 Å². The van der Waals surface area contributed by atoms with Crippen LogP contribution in [-0.4, -0.2) is 45.6 Å². The minimum absolute atomic E-state index is 0.0744. The molecule has 1 aromatic heterocycles. The third-order valence-electron chi connectivity index (χ3n) is 4.26. The van der Waals surface area contributed by atoms with Crippen molar-refractivity contribution < 1.29 is 4.79 Å². The van der Waals surface area contributed by atoms with Crippen molar-refractivity contribution in [2.24, 2.45) is 0 Å². The van der Waals surface area contributed by atoms with Crippen molar-refractivity contribution in [2.45, 2.75) is 19.5 Å². The first-order valence-electron chi connectivity index (χ1n) is 8.15. The zero-order valence-electron chi connectivity index (χ0n) is 14.9. The number of carbonyl (C=O) groups is 1. The number of amides is 1. The number of aryl methyl sites for hydroxylation is 1. The predicted molar refractivity (Wildman–Crippen MR) is 101 cm³/mol. The van der Waals surface area contributed by atoms with Crippen molar-refractivity contribution >= 4 is 28.7 Å². The second-order valence-corrected chi connectivity index (χ2v) is 7.09. The minimum atomic E-state index is -0.296. The molecule has 0 saturated heterocycles. The lowest BCUT2D eigenvalue weighted by atomic mass is 10.0. The van der Waals surface area contributed by atoms with E-state index in [9.17, 15) is 4.79 Å². The van der Waals surface area contributed by atoms with Gasteiger partial charge in [-0.2, -0.15) is 8.75 Å². The van der Waals surface area contributed by atoms with Gasteiger partial charge in [-0.05, 0) is 44.3 Å². The molecule has 1 atom stereocenters. The van der Waals surface area contributed by atoms with Crippen LogP contribution in [0.3, 0.4) is 0 Å². The summed E-state index contributed by atoms with van der Waals surface area (Å²) in [6, 6.07) is 13.8. The van der Waals surface area contributed by atoms with E-state index in [-0.39, 0.29) is 11.9 Å². The molecule has 0 saturated carbocycles. The van der Waals surface area contributed by atoms with Gasteiger partial charge in [0.1, 0.15) is 17.1 Å². The number of fused-ring (bicyclic) bond motifs is 1. The van der Waals surface area contributed by atoms with Gasteiger partial charge in [-0.15, -0.1) is 0 Å². The van der Waals surface area contributed by atoms with Crippen molar-refractivity contribution in [3.05, 3.63) is 59.2 Å². The minimum Gasteiger partial charge on any atom is -0.340 e. The Morgan fingerprint density at radius 2 is 1.72 bits per heavy atom. The van der Waals surface area contributed by atoms with E-state index in [1.54, 1.807) is 4.90 Å². The van der Waals surface area contributed by atoms with Crippen LogP contribution in [0.15, 0.2) is 42.5 Å². The highest BCUT2D eigenvalue weighted by molar-refractivity contribution is 7.00. The Balaban J connectivity index is 1.79. The first-order valence-corrected chi connectivity index (χ1v) is 8.88. The first kappa shape index (κ1) is 17.5. The maximum absolute atomic E-state index is 13.0. The Hall–Kier alpha value is -2.31. The standard InChI is InChI=1S/C19H22N4OS/c1-13-5-8-15(9-6-13)18(22(2)3)19(24)23(4)12-14-7-10-16-17(11-14)21-25-20-16/h5-11,18H,12H2,1-4H3/t18-/m1/s1. The van der Waals surface area contributed by atoms with Gasteiger partial charge >= 0.3 is 0 Å². The van der Waals surface area contributed by atoms with Gasteiger partial charge in [0, 0.05) is 13.6 Å². The molecule has 6 heteroatoms. The molecular formula is C19H22N4OS. The average Bonchev–Trinajstić information content (AvgIpc) is 3.04. The molecular weight excluding hydrogens is 332 g/mol. The molecule has 0 spiro atoms. The second-order valence-electron chi connectivity index (χ2n) is 6.56. The highest BCUT2D eigenvalue weighted by Gasteiger charge is 2.26. The number of hydrogen-bond acceptors (Lipinski definition) is 5. The van der Waals surface area contributed by atoms with E-state index in [0.717, 1.165) is 22.2 Å². The summed E-state index contributed by atoms with van der Waals surface area (Å²) in [5, 5.41) is 0. The Bertz CT molecular complexity index is 873. The number of benzene rings is 2. The maximum Gasteiger partial charge on any atom is 0.244 e. The van der Waals surface area contributed by atoms with Crippen molar-refractivity contribution in [3.63, 3.8) is 0 Å². The Morgan fingerprint density at radius 3 is 2.40 bits per heavy atom. The van der Waals surface area contributed by atoms with Gasteiger partial charge in [-0.1, -0.05) is 35.9 Å². The molecule has 1 amide bonds. The molecule has 3 aromatic rings. The van der Waals surface area contributed by atoms with Gasteiger partial charge in [-0.3, -0.25) is 9.69 Å². The van der Waals surface area contributed by atoms with Crippen LogP contribution < -0.4 is 0 Å². The van der Waals surface area contributed by atoms with Crippen LogP contribution in [0.5, 0.6) is 0 Å². The molecule has 0 N–H and O–H groups in total. The zero-order chi connectivity index (χ0) is 18.0. The fourth-order valence-electron chi connectivity index (χ4n) is 2.90. The van der Waals surface area contributed by atoms with E-state index < -0.39 is 0 Å². The monoisotopic (exact) mass is 354 g/mol. The fourth-order valence-corrected chi connectivity index (χ4v) is 3.41. The largest absolute Gasteiger partial charge is 0.340 e. The third kappa shape index (κ3) is 3.86. The van der Waals surface area contributed by atoms with Crippen molar-refractivity contribution in [1.29, 1.82) is 0 Å². The van der Waals surface area contributed by atoms with E-state index in [1.807, 2.05) is 75.4 Å². The lowest BCUT2D eigenvalue weighted by molar-refractivity contribution is -0.135. The summed E-state index contributed by atoms with van der Waals surface area (Å²) in [5.74, 6) is 0.0744. The topological polar surface area (TPSA) is 49.3 Å². The quantitative estimate of drug-likeness (QED) is 0.706. The lowest BCUT2D eigenvalue weighted by Gasteiger charge is -2.28. The Kier molecular flexibility index (Phi) is 5.11. The molecule has 0 bridgehead atoms. The smallest absolute Gasteiger partial charge is 0.244 e. The Morgan fingerprint density at radius 1 is 1.04 bits per heavy atom. The van der Waals surface area contributed by atoms with E-state index in [2.05, 4.69) is 8.75 Å².